The maximum atomic E-state index is 12.7. The summed E-state index contributed by atoms with van der Waals surface area (Å²) in [7, 11) is 0. The molecule has 0 bridgehead atoms. The average molecular weight is 556 g/mol. The molecule has 0 saturated heterocycles. The molecule has 8 nitrogen and oxygen atoms in total. The van der Waals surface area contributed by atoms with Gasteiger partial charge in [-0.1, -0.05) is 36.4 Å². The lowest BCUT2D eigenvalue weighted by molar-refractivity contribution is -0.137. The van der Waals surface area contributed by atoms with Gasteiger partial charge in [-0.3, -0.25) is 14.9 Å². The molecule has 0 heterocycles. The van der Waals surface area contributed by atoms with Crippen LogP contribution in [0, 0.1) is 0 Å². The first kappa shape index (κ1) is 29.9. The minimum Gasteiger partial charge on any atom is -0.444 e. The molecule has 3 amide bonds. The van der Waals surface area contributed by atoms with Crippen LogP contribution in [0.25, 0.3) is 6.08 Å². The van der Waals surface area contributed by atoms with Gasteiger partial charge in [0.15, 0.2) is 6.10 Å². The van der Waals surface area contributed by atoms with Gasteiger partial charge in [0.05, 0.1) is 16.9 Å². The number of benzene rings is 3. The van der Waals surface area contributed by atoms with Crippen LogP contribution in [0.2, 0.25) is 0 Å². The molecule has 0 spiro atoms. The van der Waals surface area contributed by atoms with Crippen LogP contribution in [-0.2, 0) is 20.5 Å². The quantitative estimate of drug-likeness (QED) is 0.253. The number of hydrogen-bond acceptors (Lipinski definition) is 5. The van der Waals surface area contributed by atoms with Crippen molar-refractivity contribution in [1.29, 1.82) is 0 Å². The van der Waals surface area contributed by atoms with Crippen molar-refractivity contribution in [2.75, 3.05) is 16.0 Å². The lowest BCUT2D eigenvalue weighted by atomic mass is 10.1. The topological polar surface area (TPSA) is 117 Å². The molecular formula is C29H28F3N3O5. The lowest BCUT2D eigenvalue weighted by Crippen LogP contribution is -2.27. The number of rotatable bonds is 7. The number of ether oxygens (including phenoxy) is 1. The summed E-state index contributed by atoms with van der Waals surface area (Å²) in [5.74, 6) is -1.29. The molecule has 0 saturated carbocycles. The van der Waals surface area contributed by atoms with Crippen LogP contribution in [0.3, 0.4) is 0 Å². The third-order valence-electron chi connectivity index (χ3n) is 5.23. The molecule has 0 aliphatic carbocycles. The van der Waals surface area contributed by atoms with Crippen LogP contribution in [0.1, 0.15) is 43.6 Å². The van der Waals surface area contributed by atoms with E-state index in [0.29, 0.717) is 16.9 Å². The summed E-state index contributed by atoms with van der Waals surface area (Å²) < 4.78 is 43.3. The summed E-state index contributed by atoms with van der Waals surface area (Å²) in [5, 5.41) is 18.0. The van der Waals surface area contributed by atoms with Crippen molar-refractivity contribution >= 4 is 41.0 Å². The summed E-state index contributed by atoms with van der Waals surface area (Å²) >= 11 is 0. The Balaban J connectivity index is 1.58. The molecule has 0 fully saturated rings. The fourth-order valence-corrected chi connectivity index (χ4v) is 3.35. The number of amides is 3. The summed E-state index contributed by atoms with van der Waals surface area (Å²) in [4.78, 5) is 36.9. The fraction of sp³-hybridized carbons (Fsp3) is 0.207. The number of hydrogen-bond donors (Lipinski definition) is 4. The standard InChI is InChI=1S/C29H28F3N3O5/c1-28(2,3)40-27(39)35-23-7-5-4-6-22(23)34-24(36)17-10-18-8-11-19(12-9-18)25(37)26(38)33-21-15-13-20(14-16-21)29(30,31)32/h4-17,25,37H,1-3H3,(H,33,38)(H,34,36)(H,35,39)/b17-10+. The van der Waals surface area contributed by atoms with E-state index >= 15 is 0 Å². The monoisotopic (exact) mass is 555 g/mol. The molecule has 0 radical (unpaired) electrons. The summed E-state index contributed by atoms with van der Waals surface area (Å²) in [6.45, 7) is 5.20. The molecule has 4 N–H and O–H groups in total. The predicted octanol–water partition coefficient (Wildman–Crippen LogP) is 6.38. The van der Waals surface area contributed by atoms with E-state index in [2.05, 4.69) is 16.0 Å². The molecule has 1 unspecified atom stereocenters. The van der Waals surface area contributed by atoms with Gasteiger partial charge in [-0.15, -0.1) is 0 Å². The Morgan fingerprint density at radius 1 is 0.825 bits per heavy atom. The van der Waals surface area contributed by atoms with Gasteiger partial charge in [0.2, 0.25) is 5.91 Å². The Hall–Kier alpha value is -4.64. The zero-order chi connectivity index (χ0) is 29.5. The molecule has 3 rings (SSSR count). The van der Waals surface area contributed by atoms with Crippen LogP contribution >= 0.6 is 0 Å². The highest BCUT2D eigenvalue weighted by Crippen LogP contribution is 2.30. The number of alkyl halides is 3. The van der Waals surface area contributed by atoms with E-state index in [-0.39, 0.29) is 11.3 Å². The molecule has 3 aromatic carbocycles. The second-order valence-corrected chi connectivity index (χ2v) is 9.63. The first-order valence-electron chi connectivity index (χ1n) is 12.1. The SMILES string of the molecule is CC(C)(C)OC(=O)Nc1ccccc1NC(=O)/C=C/c1ccc(C(O)C(=O)Nc2ccc(C(F)(F)F)cc2)cc1. The number of carbonyl (C=O) groups excluding carboxylic acids is 3. The van der Waals surface area contributed by atoms with Crippen molar-refractivity contribution < 1.29 is 37.4 Å². The lowest BCUT2D eigenvalue weighted by Gasteiger charge is -2.20. The predicted molar refractivity (Wildman–Crippen MR) is 145 cm³/mol. The van der Waals surface area contributed by atoms with Gasteiger partial charge in [-0.05, 0) is 74.4 Å². The van der Waals surface area contributed by atoms with E-state index in [1.165, 1.54) is 24.3 Å². The molecule has 3 aromatic rings. The van der Waals surface area contributed by atoms with Crippen molar-refractivity contribution in [3.63, 3.8) is 0 Å². The molecule has 11 heteroatoms. The van der Waals surface area contributed by atoms with Gasteiger partial charge >= 0.3 is 12.3 Å². The largest absolute Gasteiger partial charge is 0.444 e. The zero-order valence-corrected chi connectivity index (χ0v) is 21.9. The maximum absolute atomic E-state index is 12.7. The summed E-state index contributed by atoms with van der Waals surface area (Å²) in [6.07, 6.45) is -3.95. The normalized spacial score (nSPS) is 12.5. The van der Waals surface area contributed by atoms with Crippen molar-refractivity contribution in [3.8, 4) is 0 Å². The Morgan fingerprint density at radius 3 is 1.95 bits per heavy atom. The van der Waals surface area contributed by atoms with E-state index in [0.717, 1.165) is 24.3 Å². The highest BCUT2D eigenvalue weighted by molar-refractivity contribution is 6.05. The van der Waals surface area contributed by atoms with Gasteiger partial charge in [-0.2, -0.15) is 13.2 Å². The minimum atomic E-state index is -4.50. The molecule has 0 aliphatic rings. The van der Waals surface area contributed by atoms with Crippen LogP contribution in [0.15, 0.2) is 78.9 Å². The molecular weight excluding hydrogens is 527 g/mol. The molecule has 40 heavy (non-hydrogen) atoms. The van der Waals surface area contributed by atoms with Gasteiger partial charge < -0.3 is 20.5 Å². The Morgan fingerprint density at radius 2 is 1.40 bits per heavy atom. The molecule has 1 atom stereocenters. The Bertz CT molecular complexity index is 1380. The second kappa shape index (κ2) is 12.5. The maximum Gasteiger partial charge on any atom is 0.416 e. The van der Waals surface area contributed by atoms with E-state index in [4.69, 9.17) is 4.74 Å². The van der Waals surface area contributed by atoms with Crippen molar-refractivity contribution in [2.45, 2.75) is 38.7 Å². The second-order valence-electron chi connectivity index (χ2n) is 9.63. The van der Waals surface area contributed by atoms with Crippen LogP contribution < -0.4 is 16.0 Å². The third-order valence-corrected chi connectivity index (χ3v) is 5.23. The fourth-order valence-electron chi connectivity index (χ4n) is 3.35. The Labute approximate surface area is 228 Å². The summed E-state index contributed by atoms with van der Waals surface area (Å²) in [6, 6.07) is 16.6. The number of aliphatic hydroxyl groups is 1. The van der Waals surface area contributed by atoms with Gasteiger partial charge in [0.1, 0.15) is 5.60 Å². The first-order chi connectivity index (χ1) is 18.7. The third kappa shape index (κ3) is 8.98. The van der Waals surface area contributed by atoms with Crippen molar-refractivity contribution in [1.82, 2.24) is 0 Å². The van der Waals surface area contributed by atoms with Crippen LogP contribution in [0.5, 0.6) is 0 Å². The number of aliphatic hydroxyl groups excluding tert-OH is 1. The van der Waals surface area contributed by atoms with Crippen molar-refractivity contribution in [3.05, 3.63) is 95.6 Å². The first-order valence-corrected chi connectivity index (χ1v) is 12.1. The molecule has 0 aliphatic heterocycles. The zero-order valence-electron chi connectivity index (χ0n) is 21.9. The highest BCUT2D eigenvalue weighted by atomic mass is 19.4. The number of para-hydroxylation sites is 2. The summed E-state index contributed by atoms with van der Waals surface area (Å²) in [5.41, 5.74) is 0.108. The van der Waals surface area contributed by atoms with Gasteiger partial charge in [0.25, 0.3) is 5.91 Å². The van der Waals surface area contributed by atoms with Crippen LogP contribution in [-0.4, -0.2) is 28.6 Å². The van der Waals surface area contributed by atoms with E-state index < -0.39 is 41.4 Å². The van der Waals surface area contributed by atoms with E-state index in [9.17, 15) is 32.7 Å². The van der Waals surface area contributed by atoms with E-state index in [1.54, 1.807) is 57.2 Å². The van der Waals surface area contributed by atoms with Crippen LogP contribution in [0.4, 0.5) is 35.0 Å². The number of nitrogens with one attached hydrogen (secondary N) is 3. The Kier molecular flexibility index (Phi) is 9.33. The molecule has 210 valence electrons. The average Bonchev–Trinajstić information content (AvgIpc) is 2.87. The smallest absolute Gasteiger partial charge is 0.416 e. The molecule has 0 aromatic heterocycles. The van der Waals surface area contributed by atoms with E-state index in [1.807, 2.05) is 0 Å². The number of halogens is 3. The van der Waals surface area contributed by atoms with Crippen molar-refractivity contribution in [2.24, 2.45) is 0 Å². The minimum absolute atomic E-state index is 0.102. The number of anilines is 3. The van der Waals surface area contributed by atoms with Gasteiger partial charge in [-0.25, -0.2) is 4.79 Å². The van der Waals surface area contributed by atoms with Gasteiger partial charge in [0, 0.05) is 11.8 Å². The highest BCUT2D eigenvalue weighted by Gasteiger charge is 2.30. The number of carbonyl (C=O) groups is 3.